The largest absolute Gasteiger partial charge is 0.347 e. The first-order chi connectivity index (χ1) is 16.5. The Labute approximate surface area is 195 Å². The number of rotatable bonds is 5. The molecular weight excluding hydrogens is 435 g/mol. The quantitative estimate of drug-likeness (QED) is 0.496. The Hall–Kier alpha value is -4.14. The number of carbonyl (C=O) groups excluding carboxylic acids is 2. The molecule has 3 aromatic heterocycles. The molecule has 0 bridgehead atoms. The minimum absolute atomic E-state index is 0.144. The molecule has 9 heteroatoms. The zero-order chi connectivity index (χ0) is 23.7. The van der Waals surface area contributed by atoms with Crippen LogP contribution in [-0.4, -0.2) is 42.6 Å². The predicted octanol–water partition coefficient (Wildman–Crippen LogP) is 3.13. The van der Waals surface area contributed by atoms with Crippen molar-refractivity contribution in [2.24, 2.45) is 0 Å². The molecule has 1 N–H and O–H groups in total. The normalized spacial score (nSPS) is 22.1. The summed E-state index contributed by atoms with van der Waals surface area (Å²) in [6.45, 7) is 1.50. The molecule has 3 unspecified atom stereocenters. The van der Waals surface area contributed by atoms with Crippen molar-refractivity contribution in [2.75, 3.05) is 0 Å². The van der Waals surface area contributed by atoms with Gasteiger partial charge in [-0.3, -0.25) is 14.6 Å². The molecule has 4 aromatic rings. The molecule has 8 nitrogen and oxygen atoms in total. The van der Waals surface area contributed by atoms with Crippen LogP contribution in [-0.2, 0) is 21.8 Å². The molecule has 0 saturated carbocycles. The van der Waals surface area contributed by atoms with Gasteiger partial charge in [0.15, 0.2) is 0 Å². The van der Waals surface area contributed by atoms with Gasteiger partial charge < -0.3 is 14.8 Å². The van der Waals surface area contributed by atoms with Gasteiger partial charge in [0, 0.05) is 31.9 Å². The first-order valence-electron chi connectivity index (χ1n) is 11.0. The number of halogens is 1. The van der Waals surface area contributed by atoms with E-state index in [-0.39, 0.29) is 13.0 Å². The zero-order valence-electron chi connectivity index (χ0n) is 18.5. The van der Waals surface area contributed by atoms with Gasteiger partial charge in [-0.15, -0.1) is 0 Å². The van der Waals surface area contributed by atoms with Gasteiger partial charge in [-0.05, 0) is 41.3 Å². The fourth-order valence-corrected chi connectivity index (χ4v) is 4.91. The van der Waals surface area contributed by atoms with Gasteiger partial charge in [0.05, 0.1) is 30.0 Å². The van der Waals surface area contributed by atoms with Gasteiger partial charge in [0.1, 0.15) is 6.17 Å². The number of hydrogen-bond donors (Lipinski definition) is 1. The molecule has 34 heavy (non-hydrogen) atoms. The van der Waals surface area contributed by atoms with E-state index in [1.165, 1.54) is 24.2 Å². The first-order valence-corrected chi connectivity index (χ1v) is 11.0. The highest BCUT2D eigenvalue weighted by molar-refractivity contribution is 5.92. The van der Waals surface area contributed by atoms with Crippen molar-refractivity contribution >= 4 is 22.7 Å². The molecule has 1 saturated heterocycles. The fraction of sp³-hybridized carbons (Fsp3) is 0.240. The molecule has 1 fully saturated rings. The summed E-state index contributed by atoms with van der Waals surface area (Å²) in [5.41, 5.74) is 0.232. The minimum Gasteiger partial charge on any atom is -0.347 e. The van der Waals surface area contributed by atoms with Gasteiger partial charge in [0.25, 0.3) is 5.91 Å². The van der Waals surface area contributed by atoms with Gasteiger partial charge in [-0.2, -0.15) is 10.2 Å². The summed E-state index contributed by atoms with van der Waals surface area (Å²) in [6, 6.07) is 15.4. The summed E-state index contributed by atoms with van der Waals surface area (Å²) in [5, 5.41) is 11.4. The highest BCUT2D eigenvalue weighted by Gasteiger charge is 2.60. The summed E-state index contributed by atoms with van der Waals surface area (Å²) in [6.07, 6.45) is 4.54. The number of aromatic nitrogens is 4. The second kappa shape index (κ2) is 8.66. The molecular formula is C25H23FN6O2. The van der Waals surface area contributed by atoms with Crippen LogP contribution in [0.1, 0.15) is 30.6 Å². The number of para-hydroxylation sites is 1. The van der Waals surface area contributed by atoms with Crippen LogP contribution in [0.5, 0.6) is 0 Å². The number of alkyl halides is 1. The number of nitrogens with one attached hydrogen (secondary N) is 1. The average Bonchev–Trinajstić information content (AvgIpc) is 3.43. The van der Waals surface area contributed by atoms with Gasteiger partial charge in [-0.1, -0.05) is 24.3 Å². The molecule has 0 aliphatic carbocycles. The van der Waals surface area contributed by atoms with Crippen LogP contribution >= 0.6 is 0 Å². The van der Waals surface area contributed by atoms with Gasteiger partial charge >= 0.3 is 0 Å². The van der Waals surface area contributed by atoms with E-state index in [9.17, 15) is 9.59 Å². The summed E-state index contributed by atoms with van der Waals surface area (Å²) >= 11 is 0. The number of benzene rings is 1. The van der Waals surface area contributed by atoms with Crippen molar-refractivity contribution in [3.8, 4) is 0 Å². The molecule has 0 radical (unpaired) electrons. The van der Waals surface area contributed by atoms with Gasteiger partial charge in [0.2, 0.25) is 11.6 Å². The lowest BCUT2D eigenvalue weighted by Gasteiger charge is -2.40. The van der Waals surface area contributed by atoms with E-state index in [4.69, 9.17) is 0 Å². The summed E-state index contributed by atoms with van der Waals surface area (Å²) in [7, 11) is 0. The van der Waals surface area contributed by atoms with Gasteiger partial charge in [-0.25, -0.2) is 4.39 Å². The van der Waals surface area contributed by atoms with Crippen molar-refractivity contribution in [2.45, 2.75) is 37.8 Å². The van der Waals surface area contributed by atoms with E-state index in [0.717, 1.165) is 10.9 Å². The maximum atomic E-state index is 15.8. The Kier molecular flexibility index (Phi) is 5.53. The Bertz CT molecular complexity index is 1330. The number of amides is 2. The van der Waals surface area contributed by atoms with E-state index in [0.29, 0.717) is 11.3 Å². The monoisotopic (exact) mass is 458 g/mol. The molecule has 1 aliphatic heterocycles. The van der Waals surface area contributed by atoms with E-state index in [2.05, 4.69) is 20.5 Å². The Morgan fingerprint density at radius 1 is 1.09 bits per heavy atom. The van der Waals surface area contributed by atoms with Crippen LogP contribution < -0.4 is 5.32 Å². The Morgan fingerprint density at radius 2 is 1.91 bits per heavy atom. The van der Waals surface area contributed by atoms with Crippen LogP contribution in [0.4, 0.5) is 4.39 Å². The zero-order valence-corrected chi connectivity index (χ0v) is 18.5. The smallest absolute Gasteiger partial charge is 0.267 e. The lowest BCUT2D eigenvalue weighted by Crippen LogP contribution is -2.58. The Morgan fingerprint density at radius 3 is 2.65 bits per heavy atom. The molecule has 4 heterocycles. The van der Waals surface area contributed by atoms with Crippen LogP contribution in [0.2, 0.25) is 0 Å². The number of fused-ring (bicyclic) bond motifs is 1. The SMILES string of the molecule is CC(=O)N1C(c2ccnnc2)C(F)CC1(C(=O)NCc1ccccn1)n1ccc2ccccc21. The third-order valence-corrected chi connectivity index (χ3v) is 6.30. The molecule has 3 atom stereocenters. The summed E-state index contributed by atoms with van der Waals surface area (Å²) in [4.78, 5) is 32.7. The number of hydrogen-bond acceptors (Lipinski definition) is 5. The highest BCUT2D eigenvalue weighted by atomic mass is 19.1. The van der Waals surface area contributed by atoms with Crippen molar-refractivity contribution < 1.29 is 14.0 Å². The van der Waals surface area contributed by atoms with Crippen LogP contribution in [0.3, 0.4) is 0 Å². The number of likely N-dealkylation sites (tertiary alicyclic amines) is 1. The first kappa shape index (κ1) is 21.7. The Balaban J connectivity index is 1.66. The summed E-state index contributed by atoms with van der Waals surface area (Å²) in [5.74, 6) is -0.908. The lowest BCUT2D eigenvalue weighted by atomic mass is 10.0. The number of nitrogens with zero attached hydrogens (tertiary/aromatic N) is 5. The van der Waals surface area contributed by atoms with Crippen LogP contribution in [0, 0.1) is 0 Å². The average molecular weight is 458 g/mol. The third kappa shape index (κ3) is 3.49. The number of carbonyl (C=O) groups is 2. The molecule has 0 spiro atoms. The second-order valence-electron chi connectivity index (χ2n) is 8.29. The second-order valence-corrected chi connectivity index (χ2v) is 8.29. The molecule has 1 aliphatic rings. The van der Waals surface area contributed by atoms with Crippen molar-refractivity contribution in [3.05, 3.63) is 90.6 Å². The van der Waals surface area contributed by atoms with E-state index in [1.807, 2.05) is 36.4 Å². The third-order valence-electron chi connectivity index (χ3n) is 6.30. The molecule has 1 aromatic carbocycles. The van der Waals surface area contributed by atoms with Crippen molar-refractivity contribution in [1.82, 2.24) is 30.0 Å². The lowest BCUT2D eigenvalue weighted by molar-refractivity contribution is -0.152. The highest BCUT2D eigenvalue weighted by Crippen LogP contribution is 2.48. The standard InChI is InChI=1S/C25H23FN6O2/c1-17(33)32-23(19-9-12-29-30-15-19)21(26)14-25(32,24(34)28-16-20-7-4-5-11-27-20)31-13-10-18-6-2-3-8-22(18)31/h2-13,15,21,23H,14,16H2,1H3,(H,28,34). The van der Waals surface area contributed by atoms with Crippen molar-refractivity contribution in [3.63, 3.8) is 0 Å². The molecule has 172 valence electrons. The summed E-state index contributed by atoms with van der Waals surface area (Å²) < 4.78 is 17.6. The van der Waals surface area contributed by atoms with Crippen LogP contribution in [0.15, 0.2) is 79.4 Å². The topological polar surface area (TPSA) is 93.0 Å². The number of pyridine rings is 1. The molecule has 5 rings (SSSR count). The van der Waals surface area contributed by atoms with E-state index < -0.39 is 29.7 Å². The predicted molar refractivity (Wildman–Crippen MR) is 123 cm³/mol. The molecule has 2 amide bonds. The maximum Gasteiger partial charge on any atom is 0.267 e. The fourth-order valence-electron chi connectivity index (χ4n) is 4.91. The minimum atomic E-state index is -1.63. The van der Waals surface area contributed by atoms with E-state index >= 15 is 4.39 Å². The van der Waals surface area contributed by atoms with Crippen LogP contribution in [0.25, 0.3) is 10.9 Å². The van der Waals surface area contributed by atoms with E-state index in [1.54, 1.807) is 35.2 Å². The maximum absolute atomic E-state index is 15.8. The van der Waals surface area contributed by atoms with Crippen molar-refractivity contribution in [1.29, 1.82) is 0 Å².